The fourth-order valence-electron chi connectivity index (χ4n) is 0.954. The fourth-order valence-corrected chi connectivity index (χ4v) is 2.40. The van der Waals surface area contributed by atoms with Crippen molar-refractivity contribution < 1.29 is 0 Å². The quantitative estimate of drug-likeness (QED) is 0.687. The van der Waals surface area contributed by atoms with Crippen LogP contribution in [0.1, 0.15) is 13.8 Å². The number of benzene rings is 1. The summed E-state index contributed by atoms with van der Waals surface area (Å²) in [6.45, 7) is 4.51. The smallest absolute Gasteiger partial charge is 0.00831 e. The Morgan fingerprint density at radius 2 is 1.92 bits per heavy atom. The highest BCUT2D eigenvalue weighted by atomic mass is 32.2. The largest absolute Gasteiger partial charge is 0.130 e. The first kappa shape index (κ1) is 11.0. The Morgan fingerprint density at radius 3 is 2.54 bits per heavy atom. The van der Waals surface area contributed by atoms with Gasteiger partial charge in [-0.2, -0.15) is 0 Å². The van der Waals surface area contributed by atoms with Gasteiger partial charge in [0.05, 0.1) is 0 Å². The van der Waals surface area contributed by atoms with E-state index in [2.05, 4.69) is 44.4 Å². The van der Waals surface area contributed by atoms with Crippen LogP contribution >= 0.6 is 23.5 Å². The SMILES string of the molecule is CSc1cccc(SCC(C)C)c1. The zero-order valence-corrected chi connectivity index (χ0v) is 10.0. The molecule has 0 aromatic heterocycles. The van der Waals surface area contributed by atoms with Crippen molar-refractivity contribution in [3.05, 3.63) is 24.3 Å². The molecule has 0 saturated carbocycles. The van der Waals surface area contributed by atoms with Crippen molar-refractivity contribution in [2.75, 3.05) is 12.0 Å². The predicted molar refractivity (Wildman–Crippen MR) is 63.8 cm³/mol. The lowest BCUT2D eigenvalue weighted by Gasteiger charge is -2.05. The first-order valence-electron chi connectivity index (χ1n) is 4.49. The molecule has 2 heteroatoms. The molecule has 0 aliphatic heterocycles. The third-order valence-corrected chi connectivity index (χ3v) is 3.77. The van der Waals surface area contributed by atoms with Crippen LogP contribution in [0.15, 0.2) is 34.1 Å². The molecule has 0 atom stereocenters. The van der Waals surface area contributed by atoms with Crippen LogP contribution in [0.2, 0.25) is 0 Å². The molecule has 0 fully saturated rings. The Balaban J connectivity index is 2.56. The molecule has 1 rings (SSSR count). The molecule has 0 saturated heterocycles. The zero-order valence-electron chi connectivity index (χ0n) is 8.41. The van der Waals surface area contributed by atoms with E-state index in [1.807, 2.05) is 11.8 Å². The topological polar surface area (TPSA) is 0 Å². The molecule has 0 unspecified atom stereocenters. The molecule has 0 bridgehead atoms. The second-order valence-electron chi connectivity index (χ2n) is 3.38. The van der Waals surface area contributed by atoms with E-state index < -0.39 is 0 Å². The highest BCUT2D eigenvalue weighted by Crippen LogP contribution is 2.24. The Morgan fingerprint density at radius 1 is 1.23 bits per heavy atom. The predicted octanol–water partition coefficient (Wildman–Crippen LogP) is 4.16. The third kappa shape index (κ3) is 4.10. The van der Waals surface area contributed by atoms with E-state index >= 15 is 0 Å². The third-order valence-electron chi connectivity index (χ3n) is 1.62. The summed E-state index contributed by atoms with van der Waals surface area (Å²) in [5.74, 6) is 1.97. The maximum atomic E-state index is 2.26. The van der Waals surface area contributed by atoms with Crippen molar-refractivity contribution in [3.8, 4) is 0 Å². The summed E-state index contributed by atoms with van der Waals surface area (Å²) < 4.78 is 0. The monoisotopic (exact) mass is 212 g/mol. The van der Waals surface area contributed by atoms with Crippen LogP contribution in [0.5, 0.6) is 0 Å². The first-order chi connectivity index (χ1) is 6.22. The lowest BCUT2D eigenvalue weighted by Crippen LogP contribution is -1.89. The van der Waals surface area contributed by atoms with Crippen molar-refractivity contribution in [2.24, 2.45) is 5.92 Å². The highest BCUT2D eigenvalue weighted by molar-refractivity contribution is 7.99. The molecule has 0 radical (unpaired) electrons. The molecule has 1 aromatic rings. The summed E-state index contributed by atoms with van der Waals surface area (Å²) >= 11 is 3.75. The van der Waals surface area contributed by atoms with E-state index in [0.717, 1.165) is 5.92 Å². The molecular weight excluding hydrogens is 196 g/mol. The van der Waals surface area contributed by atoms with Gasteiger partial charge in [0.1, 0.15) is 0 Å². The van der Waals surface area contributed by atoms with Gasteiger partial charge in [0.2, 0.25) is 0 Å². The van der Waals surface area contributed by atoms with Gasteiger partial charge in [0.15, 0.2) is 0 Å². The first-order valence-corrected chi connectivity index (χ1v) is 6.70. The van der Waals surface area contributed by atoms with Crippen molar-refractivity contribution >= 4 is 23.5 Å². The number of rotatable bonds is 4. The maximum Gasteiger partial charge on any atom is 0.00831 e. The molecule has 0 nitrogen and oxygen atoms in total. The standard InChI is InChI=1S/C11H16S2/c1-9(2)8-13-11-6-4-5-10(7-11)12-3/h4-7,9H,8H2,1-3H3. The molecular formula is C11H16S2. The molecule has 0 spiro atoms. The Bertz CT molecular complexity index is 256. The summed E-state index contributed by atoms with van der Waals surface area (Å²) in [6.07, 6.45) is 2.12. The van der Waals surface area contributed by atoms with Gasteiger partial charge < -0.3 is 0 Å². The van der Waals surface area contributed by atoms with Crippen molar-refractivity contribution in [1.82, 2.24) is 0 Å². The van der Waals surface area contributed by atoms with Gasteiger partial charge in [0.25, 0.3) is 0 Å². The van der Waals surface area contributed by atoms with Crippen molar-refractivity contribution in [2.45, 2.75) is 23.6 Å². The van der Waals surface area contributed by atoms with Gasteiger partial charge in [-0.3, -0.25) is 0 Å². The van der Waals surface area contributed by atoms with Crippen LogP contribution in [-0.2, 0) is 0 Å². The molecule has 0 heterocycles. The molecule has 0 aliphatic carbocycles. The number of thioether (sulfide) groups is 2. The van der Waals surface area contributed by atoms with Gasteiger partial charge >= 0.3 is 0 Å². The lowest BCUT2D eigenvalue weighted by molar-refractivity contribution is 0.750. The van der Waals surface area contributed by atoms with E-state index in [-0.39, 0.29) is 0 Å². The van der Waals surface area contributed by atoms with Gasteiger partial charge in [-0.25, -0.2) is 0 Å². The van der Waals surface area contributed by atoms with E-state index in [4.69, 9.17) is 0 Å². The van der Waals surface area contributed by atoms with Crippen molar-refractivity contribution in [3.63, 3.8) is 0 Å². The highest BCUT2D eigenvalue weighted by Gasteiger charge is 1.98. The molecule has 13 heavy (non-hydrogen) atoms. The number of hydrogen-bond donors (Lipinski definition) is 0. The van der Waals surface area contributed by atoms with Gasteiger partial charge in [-0.15, -0.1) is 23.5 Å². The normalized spacial score (nSPS) is 10.8. The van der Waals surface area contributed by atoms with Gasteiger partial charge in [-0.1, -0.05) is 19.9 Å². The average Bonchev–Trinajstić information content (AvgIpc) is 2.15. The van der Waals surface area contributed by atoms with Crippen LogP contribution in [0.25, 0.3) is 0 Å². The van der Waals surface area contributed by atoms with Gasteiger partial charge in [-0.05, 0) is 30.4 Å². The minimum absolute atomic E-state index is 0.767. The summed E-state index contributed by atoms with van der Waals surface area (Å²) in [6, 6.07) is 8.74. The van der Waals surface area contributed by atoms with E-state index in [1.54, 1.807) is 11.8 Å². The van der Waals surface area contributed by atoms with Gasteiger partial charge in [0, 0.05) is 15.5 Å². The Labute approximate surface area is 89.5 Å². The zero-order chi connectivity index (χ0) is 9.68. The molecule has 72 valence electrons. The van der Waals surface area contributed by atoms with Crippen molar-refractivity contribution in [1.29, 1.82) is 0 Å². The second kappa shape index (κ2) is 5.61. The Hall–Kier alpha value is -0.0800. The van der Waals surface area contributed by atoms with Crippen LogP contribution in [0.3, 0.4) is 0 Å². The molecule has 0 N–H and O–H groups in total. The van der Waals surface area contributed by atoms with Crippen LogP contribution < -0.4 is 0 Å². The lowest BCUT2D eigenvalue weighted by atomic mass is 10.3. The Kier molecular flexibility index (Phi) is 4.74. The molecule has 0 aliphatic rings. The average molecular weight is 212 g/mol. The van der Waals surface area contributed by atoms with Crippen LogP contribution in [0.4, 0.5) is 0 Å². The summed E-state index contributed by atoms with van der Waals surface area (Å²) in [5, 5.41) is 0. The maximum absolute atomic E-state index is 2.26. The second-order valence-corrected chi connectivity index (χ2v) is 5.36. The van der Waals surface area contributed by atoms with E-state index in [1.165, 1.54) is 15.5 Å². The molecule has 0 amide bonds. The minimum Gasteiger partial charge on any atom is -0.130 e. The van der Waals surface area contributed by atoms with E-state index in [0.29, 0.717) is 0 Å². The number of hydrogen-bond acceptors (Lipinski definition) is 2. The summed E-state index contributed by atoms with van der Waals surface area (Å²) in [4.78, 5) is 2.74. The van der Waals surface area contributed by atoms with Crippen LogP contribution in [0, 0.1) is 5.92 Å². The summed E-state index contributed by atoms with van der Waals surface area (Å²) in [7, 11) is 0. The fraction of sp³-hybridized carbons (Fsp3) is 0.455. The molecule has 1 aromatic carbocycles. The van der Waals surface area contributed by atoms with E-state index in [9.17, 15) is 0 Å². The minimum atomic E-state index is 0.767. The van der Waals surface area contributed by atoms with Crippen LogP contribution in [-0.4, -0.2) is 12.0 Å². The summed E-state index contributed by atoms with van der Waals surface area (Å²) in [5.41, 5.74) is 0.